The summed E-state index contributed by atoms with van der Waals surface area (Å²) in [5.41, 5.74) is 18.1. The van der Waals surface area contributed by atoms with Gasteiger partial charge in [0.05, 0.1) is 0 Å². The first kappa shape index (κ1) is 29.2. The third-order valence-corrected chi connectivity index (χ3v) is 14.2. The van der Waals surface area contributed by atoms with Gasteiger partial charge >= 0.3 is 0 Å². The Morgan fingerprint density at radius 1 is 0.281 bits per heavy atom. The topological polar surface area (TPSA) is 3.24 Å². The van der Waals surface area contributed by atoms with Crippen LogP contribution in [-0.4, -0.2) is 13.4 Å². The molecule has 0 atom stereocenters. The molecular formula is C54H29B2N. The Morgan fingerprint density at radius 3 is 1.05 bits per heavy atom. The van der Waals surface area contributed by atoms with Gasteiger partial charge in [0.15, 0.2) is 0 Å². The first-order chi connectivity index (χ1) is 28.3. The Labute approximate surface area is 329 Å². The summed E-state index contributed by atoms with van der Waals surface area (Å²) in [7, 11) is 0. The highest BCUT2D eigenvalue weighted by atomic mass is 15.2. The van der Waals surface area contributed by atoms with Crippen molar-refractivity contribution in [2.45, 2.75) is 0 Å². The molecule has 4 aliphatic rings. The fourth-order valence-electron chi connectivity index (χ4n) is 12.3. The second-order valence-electron chi connectivity index (χ2n) is 16.6. The fraction of sp³-hybridized carbons (Fsp3) is 0. The average molecular weight is 713 g/mol. The summed E-state index contributed by atoms with van der Waals surface area (Å²) in [4.78, 5) is 2.65. The number of hydrogen-bond donors (Lipinski definition) is 0. The van der Waals surface area contributed by atoms with E-state index < -0.39 is 0 Å². The summed E-state index contributed by atoms with van der Waals surface area (Å²) < 4.78 is 0. The summed E-state index contributed by atoms with van der Waals surface area (Å²) in [6.07, 6.45) is 0. The monoisotopic (exact) mass is 713 g/mol. The normalized spacial score (nSPS) is 13.9. The van der Waals surface area contributed by atoms with E-state index in [0.29, 0.717) is 0 Å². The maximum Gasteiger partial charge on any atom is 0.248 e. The van der Waals surface area contributed by atoms with Crippen LogP contribution in [-0.2, 0) is 0 Å². The van der Waals surface area contributed by atoms with E-state index in [-0.39, 0.29) is 13.4 Å². The lowest BCUT2D eigenvalue weighted by Gasteiger charge is -2.42. The van der Waals surface area contributed by atoms with Crippen molar-refractivity contribution in [2.75, 3.05) is 4.90 Å². The number of rotatable bonds is 0. The van der Waals surface area contributed by atoms with Gasteiger partial charge in [-0.25, -0.2) is 0 Å². The van der Waals surface area contributed by atoms with Crippen molar-refractivity contribution in [2.24, 2.45) is 0 Å². The van der Waals surface area contributed by atoms with Gasteiger partial charge < -0.3 is 4.90 Å². The quantitative estimate of drug-likeness (QED) is 0.112. The van der Waals surface area contributed by atoms with E-state index in [0.717, 1.165) is 0 Å². The first-order valence-electron chi connectivity index (χ1n) is 20.3. The van der Waals surface area contributed by atoms with Crippen LogP contribution in [0.3, 0.4) is 0 Å². The van der Waals surface area contributed by atoms with Gasteiger partial charge in [0.1, 0.15) is 0 Å². The maximum absolute atomic E-state index is 2.65. The number of nitrogens with zero attached hydrogens (tertiary/aromatic N) is 1. The summed E-state index contributed by atoms with van der Waals surface area (Å²) in [5.74, 6) is 0. The summed E-state index contributed by atoms with van der Waals surface area (Å²) in [6, 6.07) is 67.2. The zero-order valence-corrected chi connectivity index (χ0v) is 30.8. The molecular weight excluding hydrogens is 684 g/mol. The third-order valence-electron chi connectivity index (χ3n) is 14.2. The van der Waals surface area contributed by atoms with Crippen LogP contribution >= 0.6 is 0 Å². The molecule has 15 rings (SSSR count). The SMILES string of the molecule is c1cc2c3c(c1)B1c4ccc5c6ccccc6c6ccccc6c5c4-c4cccc(c41)N3c1cccc3c1B2c1ccc2c4ccccc4c4ccccc4c2c1-3. The van der Waals surface area contributed by atoms with Crippen LogP contribution in [0, 0.1) is 0 Å². The van der Waals surface area contributed by atoms with Gasteiger partial charge in [0.2, 0.25) is 13.4 Å². The maximum atomic E-state index is 2.65. The molecule has 4 heterocycles. The fourth-order valence-corrected chi connectivity index (χ4v) is 12.3. The zero-order valence-electron chi connectivity index (χ0n) is 30.8. The lowest BCUT2D eigenvalue weighted by atomic mass is 9.32. The first-order valence-corrected chi connectivity index (χ1v) is 20.3. The molecule has 256 valence electrons. The van der Waals surface area contributed by atoms with Gasteiger partial charge in [0.25, 0.3) is 0 Å². The van der Waals surface area contributed by atoms with Gasteiger partial charge in [-0.15, -0.1) is 0 Å². The third kappa shape index (κ3) is 3.29. The molecule has 0 amide bonds. The lowest BCUT2D eigenvalue weighted by molar-refractivity contribution is 1.31. The Kier molecular flexibility index (Phi) is 5.13. The van der Waals surface area contributed by atoms with Crippen LogP contribution in [0.2, 0.25) is 0 Å². The largest absolute Gasteiger partial charge is 0.312 e. The van der Waals surface area contributed by atoms with Crippen molar-refractivity contribution in [3.63, 3.8) is 0 Å². The summed E-state index contributed by atoms with van der Waals surface area (Å²) >= 11 is 0. The van der Waals surface area contributed by atoms with E-state index in [9.17, 15) is 0 Å². The van der Waals surface area contributed by atoms with Crippen molar-refractivity contribution in [3.05, 3.63) is 176 Å². The number of benzene rings is 11. The van der Waals surface area contributed by atoms with Crippen molar-refractivity contribution >= 4 is 128 Å². The molecule has 0 bridgehead atoms. The molecule has 0 spiro atoms. The highest BCUT2D eigenvalue weighted by Crippen LogP contribution is 2.48. The molecule has 0 N–H and O–H groups in total. The standard InChI is InChI=1S/C54H29B2N/c1-3-16-34-30(12-1)32-14-5-7-18-36(32)48-38(34)26-28-42-50(48)40-20-9-24-46-52(40)55(42)44-22-11-23-45-54(44)57(46)47-25-10-21-41-51-43(56(45)53(41)47)29-27-39-35-17-4-2-13-31(35)33-15-6-8-19-37(33)49(39)51/h1-29H. The molecule has 0 fully saturated rings. The number of anilines is 3. The van der Waals surface area contributed by atoms with Crippen LogP contribution in [0.1, 0.15) is 0 Å². The van der Waals surface area contributed by atoms with E-state index in [4.69, 9.17) is 0 Å². The van der Waals surface area contributed by atoms with E-state index in [2.05, 4.69) is 181 Å². The number of para-hydroxylation sites is 1. The van der Waals surface area contributed by atoms with E-state index in [1.165, 1.54) is 137 Å². The van der Waals surface area contributed by atoms with Crippen LogP contribution < -0.4 is 37.7 Å². The lowest BCUT2D eigenvalue weighted by Crippen LogP contribution is -2.62. The van der Waals surface area contributed by atoms with Gasteiger partial charge in [-0.1, -0.05) is 175 Å². The van der Waals surface area contributed by atoms with E-state index >= 15 is 0 Å². The second kappa shape index (κ2) is 10.0. The minimum absolute atomic E-state index is 0.157. The van der Waals surface area contributed by atoms with Gasteiger partial charge in [-0.3, -0.25) is 0 Å². The molecule has 0 aromatic heterocycles. The Morgan fingerprint density at radius 2 is 0.632 bits per heavy atom. The molecule has 0 saturated heterocycles. The highest BCUT2D eigenvalue weighted by Gasteiger charge is 2.50. The average Bonchev–Trinajstić information content (AvgIpc) is 3.81. The Bertz CT molecular complexity index is 3420. The van der Waals surface area contributed by atoms with Crippen molar-refractivity contribution in [1.29, 1.82) is 0 Å². The van der Waals surface area contributed by atoms with Crippen molar-refractivity contribution in [1.82, 2.24) is 0 Å². The summed E-state index contributed by atoms with van der Waals surface area (Å²) in [5, 5.41) is 16.0. The van der Waals surface area contributed by atoms with E-state index in [1.807, 2.05) is 0 Å². The molecule has 0 unspecified atom stereocenters. The zero-order chi connectivity index (χ0) is 36.7. The molecule has 11 aromatic rings. The van der Waals surface area contributed by atoms with E-state index in [1.54, 1.807) is 0 Å². The Hall–Kier alpha value is -7.09. The molecule has 3 heteroatoms. The van der Waals surface area contributed by atoms with Crippen LogP contribution in [0.5, 0.6) is 0 Å². The van der Waals surface area contributed by atoms with Crippen molar-refractivity contribution in [3.8, 4) is 22.3 Å². The summed E-state index contributed by atoms with van der Waals surface area (Å²) in [6.45, 7) is 0.314. The molecule has 0 aliphatic carbocycles. The van der Waals surface area contributed by atoms with Crippen molar-refractivity contribution < 1.29 is 0 Å². The minimum Gasteiger partial charge on any atom is -0.312 e. The highest BCUT2D eigenvalue weighted by molar-refractivity contribution is 7.05. The van der Waals surface area contributed by atoms with Crippen LogP contribution in [0.25, 0.3) is 86.9 Å². The predicted molar refractivity (Wildman–Crippen MR) is 246 cm³/mol. The number of hydrogen-bond acceptors (Lipinski definition) is 1. The van der Waals surface area contributed by atoms with Gasteiger partial charge in [0, 0.05) is 17.1 Å². The van der Waals surface area contributed by atoms with Crippen LogP contribution in [0.15, 0.2) is 176 Å². The number of fused-ring (bicyclic) bond motifs is 24. The smallest absolute Gasteiger partial charge is 0.248 e. The van der Waals surface area contributed by atoms with Crippen LogP contribution in [0.4, 0.5) is 17.1 Å². The Balaban J connectivity index is 1.06. The predicted octanol–water partition coefficient (Wildman–Crippen LogP) is 9.70. The molecule has 11 aromatic carbocycles. The molecule has 0 radical (unpaired) electrons. The molecule has 1 nitrogen and oxygen atoms in total. The van der Waals surface area contributed by atoms with Gasteiger partial charge in [-0.2, -0.15) is 0 Å². The molecule has 0 saturated carbocycles. The molecule has 4 aliphatic heterocycles. The second-order valence-corrected chi connectivity index (χ2v) is 16.6. The minimum atomic E-state index is 0.157. The van der Waals surface area contributed by atoms with Gasteiger partial charge in [-0.05, 0) is 121 Å². The molecule has 57 heavy (non-hydrogen) atoms.